The average Bonchev–Trinajstić information content (AvgIpc) is 3.84. The van der Waals surface area contributed by atoms with E-state index >= 15 is 0 Å². The number of rotatable bonds is 9. The molecule has 0 amide bonds. The summed E-state index contributed by atoms with van der Waals surface area (Å²) in [6.45, 7) is 13.8. The van der Waals surface area contributed by atoms with Gasteiger partial charge in [-0.3, -0.25) is 19.2 Å². The van der Waals surface area contributed by atoms with Crippen molar-refractivity contribution >= 4 is 76.9 Å². The number of aldehydes is 1. The number of aromatic nitrogens is 3. The number of nitrogens with zero attached hydrogens (tertiary/aromatic N) is 4. The summed E-state index contributed by atoms with van der Waals surface area (Å²) in [6, 6.07) is 0. The largest absolute Gasteiger partial charge is 2.00 e. The Bertz CT molecular complexity index is 2140. The first kappa shape index (κ1) is 36.7. The Balaban J connectivity index is 0.00000486. The normalized spacial score (nSPS) is 22.8. The van der Waals surface area contributed by atoms with Crippen LogP contribution >= 0.6 is 0 Å². The second-order valence-corrected chi connectivity index (χ2v) is 12.5. The Morgan fingerprint density at radius 1 is 1.00 bits per heavy atom. The van der Waals surface area contributed by atoms with Crippen LogP contribution in [0.15, 0.2) is 30.1 Å². The van der Waals surface area contributed by atoms with E-state index in [1.54, 1.807) is 31.2 Å². The number of hydrogen-bond acceptors (Lipinski definition) is 6. The molecule has 0 aromatic carbocycles. The minimum atomic E-state index is -1.26. The molecule has 11 heteroatoms. The second kappa shape index (κ2) is 14.7. The summed E-state index contributed by atoms with van der Waals surface area (Å²) < 4.78 is 10.5. The van der Waals surface area contributed by atoms with E-state index in [9.17, 15) is 19.2 Å². The van der Waals surface area contributed by atoms with Crippen molar-refractivity contribution < 1.29 is 28.7 Å². The van der Waals surface area contributed by atoms with Crippen LogP contribution < -0.4 is 25.7 Å². The van der Waals surface area contributed by atoms with E-state index in [1.165, 1.54) is 7.11 Å². The zero-order chi connectivity index (χ0) is 35.1. The molecule has 254 valence electrons. The van der Waals surface area contributed by atoms with Gasteiger partial charge in [0.05, 0.1) is 7.11 Å². The fraction of sp³-hybridized carbons (Fsp3) is 0.333. The van der Waals surface area contributed by atoms with Gasteiger partial charge >= 0.3 is 35.0 Å². The molecule has 5 heterocycles. The standard InChI is InChI=1S/C39H39N4O6.Mg/c1-8-11-14-49-32(45)13-12-24-20(5)27-15-26-19(4)22(9-2)29(40-26)17-31-25(18-44)23(10-3)30(41-31)16-28-21(6)33-37(43-28)34(36(24)42-27)35(38(33)46)39(47)48-7;/h8-9,11,15-18,20,24,35H,2,10,12-14H2,1,3-7H3,(H-,42,43,44,46);/q-3;+2/p-1/b11-8+,27-15-,31-17-;/t20-,24-,35+;/m0./s1. The molecule has 10 nitrogen and oxygen atoms in total. The predicted molar refractivity (Wildman–Crippen MR) is 192 cm³/mol. The Kier molecular flexibility index (Phi) is 10.8. The number of ether oxygens (including phenoxy) is 2. The molecule has 0 N–H and O–H groups in total. The molecule has 3 aromatic rings. The van der Waals surface area contributed by atoms with Crippen LogP contribution in [0.2, 0.25) is 0 Å². The number of allylic oxidation sites excluding steroid dienone is 3. The molecule has 8 bridgehead atoms. The van der Waals surface area contributed by atoms with Crippen LogP contribution in [0.4, 0.5) is 0 Å². The quantitative estimate of drug-likeness (QED) is 0.107. The SMILES string of the molecule is C=Cc1c2[n-]c(c1C)/C=C1\[N-]/C(=C3\c4[n-]c(c(C)c4C(=O)[C@@H]3C(=O)OC)/C=c3\[n-]/c(c(C=O)c3CC)=C\2)[C@@H](CCC(=O)OC/C=C/C)[C@@H]1C.[Mg+2]. The van der Waals surface area contributed by atoms with Gasteiger partial charge in [-0.05, 0) is 51.0 Å². The maximum absolute atomic E-state index is 14.1. The van der Waals surface area contributed by atoms with Crippen molar-refractivity contribution in [3.8, 4) is 0 Å². The summed E-state index contributed by atoms with van der Waals surface area (Å²) in [7, 11) is 1.25. The monoisotopic (exact) mass is 682 g/mol. The third kappa shape index (κ3) is 6.06. The maximum atomic E-state index is 14.1. The molecule has 0 unspecified atom stereocenters. The van der Waals surface area contributed by atoms with Gasteiger partial charge in [0.2, 0.25) is 0 Å². The number of methoxy groups -OCH3 is 1. The predicted octanol–water partition coefficient (Wildman–Crippen LogP) is 4.06. The van der Waals surface area contributed by atoms with E-state index in [1.807, 2.05) is 39.8 Å². The Morgan fingerprint density at radius 3 is 2.38 bits per heavy atom. The molecular formula is C39H38MgN4O6-2. The van der Waals surface area contributed by atoms with Crippen molar-refractivity contribution in [1.29, 1.82) is 0 Å². The number of carbonyl (C=O) groups excluding carboxylic acids is 4. The van der Waals surface area contributed by atoms with Gasteiger partial charge in [-0.25, -0.2) is 0 Å². The molecule has 3 aromatic heterocycles. The third-order valence-corrected chi connectivity index (χ3v) is 9.86. The molecular weight excluding hydrogens is 645 g/mol. The van der Waals surface area contributed by atoms with E-state index in [0.29, 0.717) is 80.0 Å². The van der Waals surface area contributed by atoms with Crippen LogP contribution in [-0.2, 0) is 25.5 Å². The van der Waals surface area contributed by atoms with Gasteiger partial charge in [-0.15, -0.1) is 33.5 Å². The van der Waals surface area contributed by atoms with Crippen molar-refractivity contribution in [3.05, 3.63) is 102 Å². The minimum Gasteiger partial charge on any atom is -0.664 e. The van der Waals surface area contributed by atoms with Crippen molar-refractivity contribution in [2.75, 3.05) is 13.7 Å². The molecule has 2 aliphatic heterocycles. The first-order valence-electron chi connectivity index (χ1n) is 16.5. The van der Waals surface area contributed by atoms with Gasteiger partial charge in [0, 0.05) is 17.5 Å². The number of fused-ring (bicyclic) bond motifs is 7. The minimum absolute atomic E-state index is 0. The summed E-state index contributed by atoms with van der Waals surface area (Å²) in [4.78, 5) is 67.4. The first-order chi connectivity index (χ1) is 23.6. The van der Waals surface area contributed by atoms with Crippen LogP contribution in [0.5, 0.6) is 0 Å². The van der Waals surface area contributed by atoms with E-state index in [-0.39, 0.29) is 53.9 Å². The molecule has 0 spiro atoms. The number of esters is 2. The molecule has 0 radical (unpaired) electrons. The Labute approximate surface area is 307 Å². The van der Waals surface area contributed by atoms with E-state index < -0.39 is 17.7 Å². The molecule has 6 rings (SSSR count). The third-order valence-electron chi connectivity index (χ3n) is 9.86. The molecule has 1 fully saturated rings. The Morgan fingerprint density at radius 2 is 1.72 bits per heavy atom. The molecule has 1 aliphatic carbocycles. The summed E-state index contributed by atoms with van der Waals surface area (Å²) >= 11 is 0. The molecule has 50 heavy (non-hydrogen) atoms. The first-order valence-corrected chi connectivity index (χ1v) is 16.5. The van der Waals surface area contributed by atoms with Crippen molar-refractivity contribution in [3.63, 3.8) is 0 Å². The van der Waals surface area contributed by atoms with Crippen molar-refractivity contribution in [1.82, 2.24) is 15.0 Å². The smallest absolute Gasteiger partial charge is 0.664 e. The molecule has 3 aliphatic rings. The summed E-state index contributed by atoms with van der Waals surface area (Å²) in [6.07, 6.45) is 12.6. The zero-order valence-corrected chi connectivity index (χ0v) is 30.7. The maximum Gasteiger partial charge on any atom is 2.00 e. The second-order valence-electron chi connectivity index (χ2n) is 12.5. The summed E-state index contributed by atoms with van der Waals surface area (Å²) in [5, 5.41) is 6.15. The van der Waals surface area contributed by atoms with Gasteiger partial charge < -0.3 is 29.7 Å². The molecule has 1 saturated heterocycles. The van der Waals surface area contributed by atoms with Crippen LogP contribution in [-0.4, -0.2) is 60.8 Å². The number of ketones is 1. The van der Waals surface area contributed by atoms with E-state index in [0.717, 1.165) is 23.0 Å². The van der Waals surface area contributed by atoms with Gasteiger partial charge in [0.15, 0.2) is 5.78 Å². The fourth-order valence-corrected chi connectivity index (χ4v) is 7.18. The van der Waals surface area contributed by atoms with Crippen molar-refractivity contribution in [2.24, 2.45) is 17.8 Å². The number of hydrogen-bond donors (Lipinski definition) is 0. The molecule has 0 saturated carbocycles. The summed E-state index contributed by atoms with van der Waals surface area (Å²) in [5.41, 5.74) is 7.55. The average molecular weight is 683 g/mol. The van der Waals surface area contributed by atoms with Crippen LogP contribution in [0.25, 0.3) is 35.2 Å². The van der Waals surface area contributed by atoms with Crippen LogP contribution in [0.1, 0.15) is 99.4 Å². The Hall–Kier alpha value is -4.61. The van der Waals surface area contributed by atoms with Gasteiger partial charge in [-0.1, -0.05) is 79.1 Å². The van der Waals surface area contributed by atoms with E-state index in [4.69, 9.17) is 29.7 Å². The van der Waals surface area contributed by atoms with Gasteiger partial charge in [-0.2, -0.15) is 11.4 Å². The summed E-state index contributed by atoms with van der Waals surface area (Å²) in [5.74, 6) is -3.29. The molecule has 3 atom stereocenters. The van der Waals surface area contributed by atoms with Crippen molar-refractivity contribution in [2.45, 2.75) is 53.9 Å². The zero-order valence-electron chi connectivity index (χ0n) is 29.3. The van der Waals surface area contributed by atoms with Gasteiger partial charge in [0.1, 0.15) is 18.8 Å². The topological polar surface area (TPSA) is 143 Å². The van der Waals surface area contributed by atoms with E-state index in [2.05, 4.69) is 6.58 Å². The van der Waals surface area contributed by atoms with Crippen LogP contribution in [0, 0.1) is 31.6 Å². The number of Topliss-reactive ketones (excluding diaryl/α,β-unsaturated/α-hetero) is 1. The van der Waals surface area contributed by atoms with Gasteiger partial charge in [0.25, 0.3) is 0 Å². The fourth-order valence-electron chi connectivity index (χ4n) is 7.18. The number of carbonyl (C=O) groups is 4. The van der Waals surface area contributed by atoms with Crippen LogP contribution in [0.3, 0.4) is 0 Å².